The maximum absolute atomic E-state index is 13.2. The largest absolute Gasteiger partial charge is 0.494 e. The molecule has 30 heavy (non-hydrogen) atoms. The van der Waals surface area contributed by atoms with Crippen molar-refractivity contribution >= 4 is 11.7 Å². The SMILES string of the molecule is CCOc1ccccc1CN(CCCn1ccnc1)C(=O)Nc1cccc(C)c1C. The summed E-state index contributed by atoms with van der Waals surface area (Å²) in [6, 6.07) is 13.7. The van der Waals surface area contributed by atoms with Gasteiger partial charge in [-0.2, -0.15) is 0 Å². The Balaban J connectivity index is 1.75. The van der Waals surface area contributed by atoms with E-state index in [-0.39, 0.29) is 6.03 Å². The fourth-order valence-corrected chi connectivity index (χ4v) is 3.33. The fourth-order valence-electron chi connectivity index (χ4n) is 3.33. The Bertz CT molecular complexity index is 954. The van der Waals surface area contributed by atoms with Gasteiger partial charge in [0.25, 0.3) is 0 Å². The first-order valence-corrected chi connectivity index (χ1v) is 10.4. The van der Waals surface area contributed by atoms with E-state index in [9.17, 15) is 4.79 Å². The summed E-state index contributed by atoms with van der Waals surface area (Å²) in [6.45, 7) is 8.54. The number of para-hydroxylation sites is 1. The van der Waals surface area contributed by atoms with Gasteiger partial charge in [-0.25, -0.2) is 9.78 Å². The Morgan fingerprint density at radius 1 is 1.17 bits per heavy atom. The van der Waals surface area contributed by atoms with Crippen LogP contribution in [0.15, 0.2) is 61.2 Å². The summed E-state index contributed by atoms with van der Waals surface area (Å²) < 4.78 is 7.79. The minimum absolute atomic E-state index is 0.111. The third-order valence-electron chi connectivity index (χ3n) is 5.17. The summed E-state index contributed by atoms with van der Waals surface area (Å²) >= 11 is 0. The predicted octanol–water partition coefficient (Wildman–Crippen LogP) is 5.02. The van der Waals surface area contributed by atoms with Gasteiger partial charge in [-0.1, -0.05) is 30.3 Å². The second-order valence-corrected chi connectivity index (χ2v) is 7.29. The lowest BCUT2D eigenvalue weighted by Crippen LogP contribution is -2.36. The summed E-state index contributed by atoms with van der Waals surface area (Å²) in [4.78, 5) is 19.1. The van der Waals surface area contributed by atoms with E-state index < -0.39 is 0 Å². The third kappa shape index (κ3) is 5.63. The average molecular weight is 407 g/mol. The van der Waals surface area contributed by atoms with Crippen LogP contribution in [-0.4, -0.2) is 33.6 Å². The fraction of sp³-hybridized carbons (Fsp3) is 0.333. The normalized spacial score (nSPS) is 10.6. The molecule has 0 bridgehead atoms. The summed E-state index contributed by atoms with van der Waals surface area (Å²) in [7, 11) is 0. The molecule has 3 aromatic rings. The van der Waals surface area contributed by atoms with Crippen molar-refractivity contribution in [3.8, 4) is 5.75 Å². The van der Waals surface area contributed by atoms with Crippen LogP contribution in [0.25, 0.3) is 0 Å². The molecule has 0 unspecified atom stereocenters. The first-order valence-electron chi connectivity index (χ1n) is 10.4. The summed E-state index contributed by atoms with van der Waals surface area (Å²) in [5.74, 6) is 0.819. The number of aromatic nitrogens is 2. The van der Waals surface area contributed by atoms with E-state index in [2.05, 4.69) is 10.3 Å². The number of anilines is 1. The van der Waals surface area contributed by atoms with Gasteiger partial charge in [0.15, 0.2) is 0 Å². The smallest absolute Gasteiger partial charge is 0.322 e. The number of nitrogens with zero attached hydrogens (tertiary/aromatic N) is 3. The van der Waals surface area contributed by atoms with Crippen molar-refractivity contribution in [1.82, 2.24) is 14.5 Å². The lowest BCUT2D eigenvalue weighted by Gasteiger charge is -2.25. The van der Waals surface area contributed by atoms with Crippen molar-refractivity contribution in [2.75, 3.05) is 18.5 Å². The molecule has 3 rings (SSSR count). The zero-order chi connectivity index (χ0) is 21.3. The number of carbonyl (C=O) groups excluding carboxylic acids is 1. The van der Waals surface area contributed by atoms with E-state index in [1.165, 1.54) is 0 Å². The van der Waals surface area contributed by atoms with Crippen LogP contribution in [0.3, 0.4) is 0 Å². The first-order chi connectivity index (χ1) is 14.6. The molecule has 158 valence electrons. The molecular weight excluding hydrogens is 376 g/mol. The van der Waals surface area contributed by atoms with Crippen LogP contribution in [0.4, 0.5) is 10.5 Å². The molecule has 0 saturated heterocycles. The molecule has 1 N–H and O–H groups in total. The first kappa shape index (κ1) is 21.4. The number of aryl methyl sites for hydroxylation is 2. The van der Waals surface area contributed by atoms with Crippen LogP contribution in [0, 0.1) is 13.8 Å². The number of imidazole rings is 1. The average Bonchev–Trinajstić information content (AvgIpc) is 3.25. The van der Waals surface area contributed by atoms with Crippen molar-refractivity contribution in [3.63, 3.8) is 0 Å². The summed E-state index contributed by atoms with van der Waals surface area (Å²) in [5.41, 5.74) is 4.08. The summed E-state index contributed by atoms with van der Waals surface area (Å²) in [5, 5.41) is 3.09. The van der Waals surface area contributed by atoms with Gasteiger partial charge in [-0.05, 0) is 50.5 Å². The van der Waals surface area contributed by atoms with Crippen LogP contribution < -0.4 is 10.1 Å². The zero-order valence-electron chi connectivity index (χ0n) is 18.0. The molecule has 1 heterocycles. The predicted molar refractivity (Wildman–Crippen MR) is 120 cm³/mol. The van der Waals surface area contributed by atoms with E-state index >= 15 is 0 Å². The van der Waals surface area contributed by atoms with Gasteiger partial charge >= 0.3 is 6.03 Å². The molecule has 0 aliphatic rings. The highest BCUT2D eigenvalue weighted by molar-refractivity contribution is 5.90. The van der Waals surface area contributed by atoms with Gasteiger partial charge in [0, 0.05) is 36.7 Å². The topological polar surface area (TPSA) is 59.4 Å². The van der Waals surface area contributed by atoms with Crippen molar-refractivity contribution in [3.05, 3.63) is 77.9 Å². The maximum Gasteiger partial charge on any atom is 0.322 e. The van der Waals surface area contributed by atoms with Crippen molar-refractivity contribution in [2.45, 2.75) is 40.3 Å². The number of hydrogen-bond donors (Lipinski definition) is 1. The van der Waals surface area contributed by atoms with Crippen LogP contribution in [-0.2, 0) is 13.1 Å². The van der Waals surface area contributed by atoms with Crippen LogP contribution >= 0.6 is 0 Å². The Kier molecular flexibility index (Phi) is 7.49. The van der Waals surface area contributed by atoms with E-state index in [1.54, 1.807) is 12.5 Å². The van der Waals surface area contributed by atoms with Crippen LogP contribution in [0.5, 0.6) is 5.75 Å². The monoisotopic (exact) mass is 406 g/mol. The number of ether oxygens (including phenoxy) is 1. The molecule has 2 amide bonds. The molecule has 6 heteroatoms. The highest BCUT2D eigenvalue weighted by Crippen LogP contribution is 2.22. The number of amides is 2. The summed E-state index contributed by atoms with van der Waals surface area (Å²) in [6.07, 6.45) is 6.33. The van der Waals surface area contributed by atoms with Crippen molar-refractivity contribution < 1.29 is 9.53 Å². The molecule has 0 spiro atoms. The quantitative estimate of drug-likeness (QED) is 0.543. The number of urea groups is 1. The van der Waals surface area contributed by atoms with Gasteiger partial charge in [-0.3, -0.25) is 0 Å². The van der Waals surface area contributed by atoms with Crippen molar-refractivity contribution in [1.29, 1.82) is 0 Å². The molecule has 0 saturated carbocycles. The van der Waals surface area contributed by atoms with Crippen molar-refractivity contribution in [2.24, 2.45) is 0 Å². The zero-order valence-corrected chi connectivity index (χ0v) is 18.0. The standard InChI is InChI=1S/C24H30N4O2/c1-4-30-23-12-6-5-10-21(23)17-28(15-8-14-27-16-13-25-18-27)24(29)26-22-11-7-9-19(2)20(22)3/h5-7,9-13,16,18H,4,8,14-15,17H2,1-3H3,(H,26,29). The molecule has 0 aliphatic heterocycles. The molecule has 0 radical (unpaired) electrons. The number of hydrogen-bond acceptors (Lipinski definition) is 3. The maximum atomic E-state index is 13.2. The Morgan fingerprint density at radius 3 is 2.77 bits per heavy atom. The lowest BCUT2D eigenvalue weighted by molar-refractivity contribution is 0.206. The van der Waals surface area contributed by atoms with Gasteiger partial charge in [0.05, 0.1) is 19.5 Å². The van der Waals surface area contributed by atoms with Gasteiger partial charge in [0.2, 0.25) is 0 Å². The van der Waals surface area contributed by atoms with E-state index in [0.717, 1.165) is 41.1 Å². The number of rotatable bonds is 9. The van der Waals surface area contributed by atoms with Gasteiger partial charge < -0.3 is 19.5 Å². The number of nitrogens with one attached hydrogen (secondary N) is 1. The minimum Gasteiger partial charge on any atom is -0.494 e. The van der Waals surface area contributed by atoms with E-state index in [1.807, 2.05) is 78.9 Å². The number of carbonyl (C=O) groups is 1. The molecule has 2 aromatic carbocycles. The van der Waals surface area contributed by atoms with Crippen LogP contribution in [0.2, 0.25) is 0 Å². The molecule has 0 atom stereocenters. The van der Waals surface area contributed by atoms with E-state index in [0.29, 0.717) is 19.7 Å². The lowest BCUT2D eigenvalue weighted by atomic mass is 10.1. The highest BCUT2D eigenvalue weighted by Gasteiger charge is 2.17. The highest BCUT2D eigenvalue weighted by atomic mass is 16.5. The number of benzene rings is 2. The Hall–Kier alpha value is -3.28. The molecule has 1 aromatic heterocycles. The third-order valence-corrected chi connectivity index (χ3v) is 5.17. The van der Waals surface area contributed by atoms with Gasteiger partial charge in [0.1, 0.15) is 5.75 Å². The minimum atomic E-state index is -0.111. The molecule has 0 aliphatic carbocycles. The van der Waals surface area contributed by atoms with E-state index in [4.69, 9.17) is 4.74 Å². The molecular formula is C24H30N4O2. The second-order valence-electron chi connectivity index (χ2n) is 7.29. The molecule has 0 fully saturated rings. The Labute approximate surface area is 178 Å². The van der Waals surface area contributed by atoms with Gasteiger partial charge in [-0.15, -0.1) is 0 Å². The Morgan fingerprint density at radius 2 is 2.00 bits per heavy atom. The second kappa shape index (κ2) is 10.5. The van der Waals surface area contributed by atoms with Crippen LogP contribution in [0.1, 0.15) is 30.0 Å². The molecule has 6 nitrogen and oxygen atoms in total.